The van der Waals surface area contributed by atoms with Gasteiger partial charge in [-0.2, -0.15) is 0 Å². The van der Waals surface area contributed by atoms with Gasteiger partial charge in [0, 0.05) is 19.3 Å². The third kappa shape index (κ3) is 5.68. The Labute approximate surface area is 185 Å². The predicted octanol–water partition coefficient (Wildman–Crippen LogP) is 3.11. The number of aliphatic imine (C=N–C) groups is 1. The molecule has 10 heteroatoms. The van der Waals surface area contributed by atoms with Gasteiger partial charge in [0.15, 0.2) is 5.96 Å². The second-order valence-corrected chi connectivity index (χ2v) is 8.33. The maximum atomic E-state index is 13.9. The van der Waals surface area contributed by atoms with E-state index in [1.54, 1.807) is 6.20 Å². The van der Waals surface area contributed by atoms with Crippen molar-refractivity contribution in [2.75, 3.05) is 23.8 Å². The van der Waals surface area contributed by atoms with Crippen molar-refractivity contribution in [3.8, 4) is 0 Å². The van der Waals surface area contributed by atoms with Gasteiger partial charge in [-0.15, -0.1) is 0 Å². The molecule has 1 aromatic heterocycles. The minimum Gasteiger partial charge on any atom is -0.393 e. The number of guanidine groups is 1. The maximum absolute atomic E-state index is 13.9. The van der Waals surface area contributed by atoms with Crippen molar-refractivity contribution in [2.24, 2.45) is 16.6 Å². The Kier molecular flexibility index (Phi) is 7.11. The maximum Gasteiger partial charge on any atom is 0.223 e. The number of aromatic nitrogens is 2. The standard InChI is InChI=1S/C22H28F2N6O2/c23-16-2-1-3-17(24)20(16)30-21(25)28-19-11-26-22(27-14-4-6-15(31)7-5-14)29-18(19)10-13-8-9-32-12-13/h1-3,11,13-15,31H,4-10,12H2,(H3,25,28,30)(H,26,27,29)/t13-,14-,15-/m0/s1. The van der Waals surface area contributed by atoms with Gasteiger partial charge in [-0.25, -0.2) is 23.7 Å². The number of hydrogen-bond acceptors (Lipinski definition) is 6. The quantitative estimate of drug-likeness (QED) is 0.398. The van der Waals surface area contributed by atoms with Crippen molar-refractivity contribution in [3.05, 3.63) is 41.7 Å². The first-order chi connectivity index (χ1) is 15.5. The molecule has 0 amide bonds. The van der Waals surface area contributed by atoms with E-state index in [-0.39, 0.29) is 23.8 Å². The average Bonchev–Trinajstić information content (AvgIpc) is 3.27. The molecule has 2 aromatic rings. The van der Waals surface area contributed by atoms with Crippen molar-refractivity contribution in [1.82, 2.24) is 9.97 Å². The lowest BCUT2D eigenvalue weighted by Gasteiger charge is -2.26. The smallest absolute Gasteiger partial charge is 0.223 e. The van der Waals surface area contributed by atoms with Gasteiger partial charge in [-0.1, -0.05) is 6.07 Å². The number of halogens is 2. The fraction of sp³-hybridized carbons (Fsp3) is 0.500. The van der Waals surface area contributed by atoms with Crippen LogP contribution in [-0.4, -0.2) is 46.4 Å². The molecule has 2 aliphatic rings. The van der Waals surface area contributed by atoms with Gasteiger partial charge in [-0.05, 0) is 56.6 Å². The molecule has 0 unspecified atom stereocenters. The summed E-state index contributed by atoms with van der Waals surface area (Å²) in [7, 11) is 0. The average molecular weight is 447 g/mol. The van der Waals surface area contributed by atoms with E-state index in [1.807, 2.05) is 0 Å². The highest BCUT2D eigenvalue weighted by Crippen LogP contribution is 2.27. The second kappa shape index (κ2) is 10.2. The topological polar surface area (TPSA) is 118 Å². The lowest BCUT2D eigenvalue weighted by molar-refractivity contribution is 0.126. The number of nitrogens with zero attached hydrogens (tertiary/aromatic N) is 3. The molecule has 0 radical (unpaired) electrons. The zero-order valence-corrected chi connectivity index (χ0v) is 17.7. The van der Waals surface area contributed by atoms with E-state index in [4.69, 9.17) is 10.5 Å². The van der Waals surface area contributed by atoms with Crippen LogP contribution in [0.4, 0.5) is 26.1 Å². The van der Waals surface area contributed by atoms with Crippen molar-refractivity contribution in [2.45, 2.75) is 50.7 Å². The number of nitrogens with one attached hydrogen (secondary N) is 2. The Balaban J connectivity index is 1.54. The molecule has 5 N–H and O–H groups in total. The van der Waals surface area contributed by atoms with Crippen LogP contribution >= 0.6 is 0 Å². The minimum atomic E-state index is -0.764. The Bertz CT molecular complexity index is 939. The van der Waals surface area contributed by atoms with Gasteiger partial charge in [0.25, 0.3) is 0 Å². The van der Waals surface area contributed by atoms with Crippen LogP contribution in [0.2, 0.25) is 0 Å². The third-order valence-corrected chi connectivity index (χ3v) is 5.84. The number of anilines is 2. The number of aliphatic hydroxyl groups is 1. The first kappa shape index (κ1) is 22.3. The lowest BCUT2D eigenvalue weighted by Crippen LogP contribution is -2.29. The first-order valence-corrected chi connectivity index (χ1v) is 10.9. The van der Waals surface area contributed by atoms with Crippen LogP contribution in [0.25, 0.3) is 0 Å². The fourth-order valence-electron chi connectivity index (χ4n) is 4.05. The summed E-state index contributed by atoms with van der Waals surface area (Å²) in [5.41, 5.74) is 6.70. The summed E-state index contributed by atoms with van der Waals surface area (Å²) in [6.45, 7) is 1.35. The van der Waals surface area contributed by atoms with E-state index in [1.165, 1.54) is 6.07 Å². The molecule has 1 atom stereocenters. The largest absolute Gasteiger partial charge is 0.393 e. The van der Waals surface area contributed by atoms with Crippen molar-refractivity contribution < 1.29 is 18.6 Å². The van der Waals surface area contributed by atoms with Gasteiger partial charge in [-0.3, -0.25) is 0 Å². The monoisotopic (exact) mass is 446 g/mol. The number of aliphatic hydroxyl groups excluding tert-OH is 1. The fourth-order valence-corrected chi connectivity index (χ4v) is 4.05. The van der Waals surface area contributed by atoms with Gasteiger partial charge < -0.3 is 26.2 Å². The molecule has 2 fully saturated rings. The normalized spacial score (nSPS) is 23.8. The third-order valence-electron chi connectivity index (χ3n) is 5.84. The van der Waals surface area contributed by atoms with E-state index in [0.29, 0.717) is 42.9 Å². The molecule has 4 rings (SSSR count). The lowest BCUT2D eigenvalue weighted by atomic mass is 9.93. The Morgan fingerprint density at radius 2 is 1.94 bits per heavy atom. The molecule has 172 valence electrons. The summed E-state index contributed by atoms with van der Waals surface area (Å²) in [5.74, 6) is -0.899. The molecule has 0 bridgehead atoms. The van der Waals surface area contributed by atoms with Crippen LogP contribution in [0.5, 0.6) is 0 Å². The molecule has 0 spiro atoms. The van der Waals surface area contributed by atoms with Gasteiger partial charge in [0.2, 0.25) is 5.95 Å². The van der Waals surface area contributed by atoms with Gasteiger partial charge in [0.1, 0.15) is 23.0 Å². The summed E-state index contributed by atoms with van der Waals surface area (Å²) in [4.78, 5) is 13.3. The Morgan fingerprint density at radius 3 is 2.62 bits per heavy atom. The number of rotatable bonds is 6. The Hall–Kier alpha value is -2.85. The molecule has 8 nitrogen and oxygen atoms in total. The molecule has 1 aliphatic heterocycles. The van der Waals surface area contributed by atoms with Gasteiger partial charge in [0.05, 0.1) is 18.0 Å². The summed E-state index contributed by atoms with van der Waals surface area (Å²) < 4.78 is 33.3. The van der Waals surface area contributed by atoms with E-state index in [9.17, 15) is 13.9 Å². The zero-order chi connectivity index (χ0) is 22.5. The molecular formula is C22H28F2N6O2. The summed E-state index contributed by atoms with van der Waals surface area (Å²) in [5, 5.41) is 15.5. The van der Waals surface area contributed by atoms with Crippen LogP contribution in [0.3, 0.4) is 0 Å². The SMILES string of the molecule is N/C(=N\c1cnc(N[C@H]2CC[C@H](O)CC2)nc1C[C@@H]1CCOC1)Nc1c(F)cccc1F. The van der Waals surface area contributed by atoms with Crippen molar-refractivity contribution >= 4 is 23.3 Å². The predicted molar refractivity (Wildman–Crippen MR) is 118 cm³/mol. The molecule has 2 heterocycles. The number of nitrogens with two attached hydrogens (primary N) is 1. The van der Waals surface area contributed by atoms with E-state index in [0.717, 1.165) is 44.2 Å². The van der Waals surface area contributed by atoms with E-state index >= 15 is 0 Å². The number of benzene rings is 1. The highest BCUT2D eigenvalue weighted by Gasteiger charge is 2.22. The summed E-state index contributed by atoms with van der Waals surface area (Å²) in [6.07, 6.45) is 6.07. The number of para-hydroxylation sites is 1. The van der Waals surface area contributed by atoms with Crippen molar-refractivity contribution in [1.29, 1.82) is 0 Å². The highest BCUT2D eigenvalue weighted by atomic mass is 19.1. The minimum absolute atomic E-state index is 0.163. The van der Waals surface area contributed by atoms with Crippen LogP contribution in [0.1, 0.15) is 37.8 Å². The second-order valence-electron chi connectivity index (χ2n) is 8.33. The molecule has 1 saturated heterocycles. The summed E-state index contributed by atoms with van der Waals surface area (Å²) in [6, 6.07) is 3.75. The molecule has 32 heavy (non-hydrogen) atoms. The van der Waals surface area contributed by atoms with Crippen LogP contribution in [0.15, 0.2) is 29.4 Å². The summed E-state index contributed by atoms with van der Waals surface area (Å²) >= 11 is 0. The molecular weight excluding hydrogens is 418 g/mol. The molecule has 1 aliphatic carbocycles. The zero-order valence-electron chi connectivity index (χ0n) is 17.7. The number of ether oxygens (including phenoxy) is 1. The van der Waals surface area contributed by atoms with E-state index in [2.05, 4.69) is 25.6 Å². The first-order valence-electron chi connectivity index (χ1n) is 10.9. The van der Waals surface area contributed by atoms with E-state index < -0.39 is 11.6 Å². The van der Waals surface area contributed by atoms with Gasteiger partial charge >= 0.3 is 0 Å². The number of hydrogen-bond donors (Lipinski definition) is 4. The highest BCUT2D eigenvalue weighted by molar-refractivity contribution is 5.94. The Morgan fingerprint density at radius 1 is 1.19 bits per heavy atom. The van der Waals surface area contributed by atoms with Crippen molar-refractivity contribution in [3.63, 3.8) is 0 Å². The van der Waals surface area contributed by atoms with Crippen LogP contribution in [0, 0.1) is 17.6 Å². The van der Waals surface area contributed by atoms with Crippen LogP contribution < -0.4 is 16.4 Å². The molecule has 1 saturated carbocycles. The van der Waals surface area contributed by atoms with Crippen LogP contribution in [-0.2, 0) is 11.2 Å². The molecule has 1 aromatic carbocycles.